The average molecular weight is 637 g/mol. The van der Waals surface area contributed by atoms with E-state index >= 15 is 0 Å². The number of aliphatic hydroxyl groups is 7. The molecule has 0 amide bonds. The maximum absolute atomic E-state index is 12.0. The van der Waals surface area contributed by atoms with E-state index in [9.17, 15) is 35.7 Å². The topological polar surface area (TPSA) is 160 Å². The van der Waals surface area contributed by atoms with Crippen LogP contribution in [0.4, 0.5) is 0 Å². The van der Waals surface area contributed by atoms with Crippen LogP contribution in [0.25, 0.3) is 0 Å². The minimum atomic E-state index is -1.54. The van der Waals surface area contributed by atoms with Crippen molar-refractivity contribution in [3.63, 3.8) is 0 Å². The van der Waals surface area contributed by atoms with Crippen LogP contribution in [-0.4, -0.2) is 97.5 Å². The van der Waals surface area contributed by atoms with E-state index in [1.54, 1.807) is 0 Å². The zero-order valence-corrected chi connectivity index (χ0v) is 28.4. The smallest absolute Gasteiger partial charge is 0.186 e. The number of aliphatic hydroxyl groups excluding tert-OH is 7. The quantitative estimate of drug-likeness (QED) is 0.165. The van der Waals surface area contributed by atoms with Gasteiger partial charge in [0.1, 0.15) is 24.4 Å². The minimum Gasteiger partial charge on any atom is -0.394 e. The summed E-state index contributed by atoms with van der Waals surface area (Å²) in [6.45, 7) is 18.4. The van der Waals surface area contributed by atoms with Gasteiger partial charge in [-0.1, -0.05) is 58.4 Å². The summed E-state index contributed by atoms with van der Waals surface area (Å²) < 4.78 is 12.6. The molecule has 16 atom stereocenters. The van der Waals surface area contributed by atoms with Crippen molar-refractivity contribution < 1.29 is 45.2 Å². The zero-order chi connectivity index (χ0) is 33.4. The van der Waals surface area contributed by atoms with E-state index in [-0.39, 0.29) is 39.9 Å². The van der Waals surface area contributed by atoms with Gasteiger partial charge in [-0.25, -0.2) is 0 Å². The van der Waals surface area contributed by atoms with Gasteiger partial charge in [-0.3, -0.25) is 0 Å². The monoisotopic (exact) mass is 636 g/mol. The number of fused-ring (bicyclic) bond motifs is 5. The van der Waals surface area contributed by atoms with Crippen molar-refractivity contribution in [3.05, 3.63) is 23.8 Å². The van der Waals surface area contributed by atoms with Crippen molar-refractivity contribution in [2.45, 2.75) is 149 Å². The first kappa shape index (κ1) is 35.4. The fraction of sp³-hybridized carbons (Fsp3) is 0.889. The summed E-state index contributed by atoms with van der Waals surface area (Å²) >= 11 is 0. The van der Waals surface area contributed by atoms with Crippen molar-refractivity contribution in [3.8, 4) is 0 Å². The Morgan fingerprint density at radius 1 is 0.956 bits per heavy atom. The van der Waals surface area contributed by atoms with Gasteiger partial charge in [-0.15, -0.1) is 0 Å². The maximum atomic E-state index is 12.0. The van der Waals surface area contributed by atoms with Crippen LogP contribution in [0.15, 0.2) is 23.8 Å². The van der Waals surface area contributed by atoms with Gasteiger partial charge in [-0.05, 0) is 104 Å². The molecule has 258 valence electrons. The summed E-state index contributed by atoms with van der Waals surface area (Å²) in [5.41, 5.74) is 0.564. The average Bonchev–Trinajstić information content (AvgIpc) is 3.35. The molecule has 0 spiro atoms. The van der Waals surface area contributed by atoms with E-state index < -0.39 is 67.1 Å². The molecule has 0 aromatic carbocycles. The van der Waals surface area contributed by atoms with Crippen LogP contribution in [0.2, 0.25) is 0 Å². The van der Waals surface area contributed by atoms with Gasteiger partial charge in [0.25, 0.3) is 0 Å². The highest BCUT2D eigenvalue weighted by Gasteiger charge is 2.72. The minimum absolute atomic E-state index is 0.0206. The molecule has 5 aliphatic rings. The molecular formula is C36H60O9. The first-order chi connectivity index (χ1) is 20.8. The molecule has 1 heterocycles. The molecule has 5 fully saturated rings. The zero-order valence-electron chi connectivity index (χ0n) is 28.4. The van der Waals surface area contributed by atoms with Crippen molar-refractivity contribution in [2.24, 2.45) is 45.3 Å². The van der Waals surface area contributed by atoms with Gasteiger partial charge in [-0.2, -0.15) is 0 Å². The van der Waals surface area contributed by atoms with Crippen molar-refractivity contribution in [2.75, 3.05) is 6.61 Å². The van der Waals surface area contributed by atoms with Crippen LogP contribution in [-0.2, 0) is 9.47 Å². The summed E-state index contributed by atoms with van der Waals surface area (Å²) in [7, 11) is 0. The van der Waals surface area contributed by atoms with Crippen LogP contribution >= 0.6 is 0 Å². The summed E-state index contributed by atoms with van der Waals surface area (Å²) in [5, 5.41) is 75.6. The van der Waals surface area contributed by atoms with Crippen LogP contribution in [0.3, 0.4) is 0 Å². The maximum Gasteiger partial charge on any atom is 0.186 e. The lowest BCUT2D eigenvalue weighted by molar-refractivity contribution is -0.346. The van der Waals surface area contributed by atoms with Crippen LogP contribution < -0.4 is 0 Å². The van der Waals surface area contributed by atoms with E-state index in [0.29, 0.717) is 25.7 Å². The molecule has 4 unspecified atom stereocenters. The summed E-state index contributed by atoms with van der Waals surface area (Å²) in [6.07, 6.45) is -1.78. The van der Waals surface area contributed by atoms with Crippen molar-refractivity contribution in [1.82, 2.24) is 0 Å². The Kier molecular flexibility index (Phi) is 9.62. The second-order valence-electron chi connectivity index (χ2n) is 16.8. The highest BCUT2D eigenvalue weighted by molar-refractivity contribution is 5.24. The van der Waals surface area contributed by atoms with Gasteiger partial charge < -0.3 is 45.2 Å². The predicted octanol–water partition coefficient (Wildman–Crippen LogP) is 3.07. The van der Waals surface area contributed by atoms with Crippen molar-refractivity contribution >= 4 is 0 Å². The predicted molar refractivity (Wildman–Crippen MR) is 170 cm³/mol. The van der Waals surface area contributed by atoms with Gasteiger partial charge in [0.15, 0.2) is 6.29 Å². The Bertz CT molecular complexity index is 1140. The van der Waals surface area contributed by atoms with Crippen molar-refractivity contribution in [1.29, 1.82) is 0 Å². The SMILES string of the molecule is C=C(C)C(O)C/C=C(\C)C1CC[C@]2(C)C1[C@H](O)C[C@@H]1[C@@]3(C)CC[C@H](O)C(C)(C)C3[C@@H](O[C@@H]3O[C@H](CO)[C@@H](O)[C@H](O)[C@H]3O)C[C@]12C. The van der Waals surface area contributed by atoms with E-state index in [2.05, 4.69) is 54.2 Å². The van der Waals surface area contributed by atoms with Gasteiger partial charge in [0.05, 0.1) is 31.0 Å². The molecule has 45 heavy (non-hydrogen) atoms. The van der Waals surface area contributed by atoms with Crippen LogP contribution in [0.5, 0.6) is 0 Å². The normalized spacial score (nSPS) is 52.0. The van der Waals surface area contributed by atoms with E-state index in [4.69, 9.17) is 9.47 Å². The Morgan fingerprint density at radius 3 is 2.24 bits per heavy atom. The third-order valence-electron chi connectivity index (χ3n) is 14.2. The molecular weight excluding hydrogens is 576 g/mol. The van der Waals surface area contributed by atoms with Crippen LogP contribution in [0.1, 0.15) is 93.4 Å². The number of hydrogen-bond acceptors (Lipinski definition) is 9. The second kappa shape index (κ2) is 12.2. The highest BCUT2D eigenvalue weighted by Crippen LogP contribution is 2.76. The Labute approximate surface area is 269 Å². The molecule has 0 bridgehead atoms. The lowest BCUT2D eigenvalue weighted by Gasteiger charge is -2.72. The number of hydrogen-bond donors (Lipinski definition) is 7. The van der Waals surface area contributed by atoms with Gasteiger partial charge in [0.2, 0.25) is 0 Å². The third kappa shape index (κ3) is 5.41. The lowest BCUT2D eigenvalue weighted by atomic mass is 9.34. The first-order valence-corrected chi connectivity index (χ1v) is 17.2. The largest absolute Gasteiger partial charge is 0.394 e. The summed E-state index contributed by atoms with van der Waals surface area (Å²) in [5.74, 6) is 0.210. The molecule has 0 radical (unpaired) electrons. The van der Waals surface area contributed by atoms with Gasteiger partial charge in [0, 0.05) is 0 Å². The Morgan fingerprint density at radius 2 is 1.62 bits per heavy atom. The molecule has 9 nitrogen and oxygen atoms in total. The fourth-order valence-electron chi connectivity index (χ4n) is 11.5. The lowest BCUT2D eigenvalue weighted by Crippen LogP contribution is -2.70. The summed E-state index contributed by atoms with van der Waals surface area (Å²) in [4.78, 5) is 0. The summed E-state index contributed by atoms with van der Waals surface area (Å²) in [6, 6.07) is 0. The van der Waals surface area contributed by atoms with Gasteiger partial charge >= 0.3 is 0 Å². The fourth-order valence-corrected chi connectivity index (χ4v) is 11.5. The van der Waals surface area contributed by atoms with Crippen LogP contribution in [0, 0.1) is 45.3 Å². The third-order valence-corrected chi connectivity index (χ3v) is 14.2. The molecule has 0 aromatic rings. The van der Waals surface area contributed by atoms with E-state index in [1.165, 1.54) is 5.57 Å². The van der Waals surface area contributed by atoms with E-state index in [1.807, 2.05) is 6.92 Å². The first-order valence-electron chi connectivity index (χ1n) is 17.2. The number of ether oxygens (including phenoxy) is 2. The second-order valence-corrected chi connectivity index (χ2v) is 16.8. The molecule has 7 N–H and O–H groups in total. The molecule has 5 rings (SSSR count). The van der Waals surface area contributed by atoms with E-state index in [0.717, 1.165) is 24.8 Å². The molecule has 0 aromatic heterocycles. The number of rotatable bonds is 7. The molecule has 4 saturated carbocycles. The highest BCUT2D eigenvalue weighted by atomic mass is 16.7. The molecule has 4 aliphatic carbocycles. The molecule has 9 heteroatoms. The number of allylic oxidation sites excluding steroid dienone is 1. The molecule has 1 aliphatic heterocycles. The Hall–Kier alpha value is -0.880. The standard InChI is InChI=1S/C36H60O9/c1-18(2)21(38)10-9-19(3)20-11-14-35(7)27(20)22(39)15-25-34(6)13-12-26(40)33(4,5)31(34)23(16-36(25,35)8)44-32-30(43)29(42)28(41)24(17-37)45-32/h9,20-32,37-43H,1,10-17H2,2-8H3/b19-9+/t20?,21?,22-,23+,24-,25-,26+,27?,28-,29+,30-,31?,32-,34-,35-,36-/m1/s1. The Balaban J connectivity index is 1.54. The molecule has 1 saturated heterocycles.